The van der Waals surface area contributed by atoms with Crippen LogP contribution in [0.2, 0.25) is 0 Å². The number of rotatable bonds is 2. The van der Waals surface area contributed by atoms with Gasteiger partial charge in [0.2, 0.25) is 0 Å². The molecule has 0 saturated carbocycles. The van der Waals surface area contributed by atoms with Gasteiger partial charge in [0.25, 0.3) is 0 Å². The topological polar surface area (TPSA) is 29.1 Å². The van der Waals surface area contributed by atoms with E-state index in [4.69, 9.17) is 4.74 Å². The van der Waals surface area contributed by atoms with Crippen LogP contribution >= 0.6 is 0 Å². The summed E-state index contributed by atoms with van der Waals surface area (Å²) in [5.74, 6) is 0.676. The Labute approximate surface area is 66.4 Å². The third-order valence-electron chi connectivity index (χ3n) is 1.58. The maximum Gasteiger partial charge on any atom is 0.124 e. The Morgan fingerprint density at radius 1 is 1.36 bits per heavy atom. The number of ether oxygens (including phenoxy) is 1. The van der Waals surface area contributed by atoms with E-state index in [9.17, 15) is 5.11 Å². The van der Waals surface area contributed by atoms with Crippen molar-refractivity contribution >= 4 is 0 Å². The van der Waals surface area contributed by atoms with Gasteiger partial charge in [-0.25, -0.2) is 5.11 Å². The Bertz CT molecular complexity index is 231. The fraction of sp³-hybridized carbons (Fsp3) is 0.333. The highest BCUT2D eigenvalue weighted by atomic mass is 16.5. The zero-order valence-electron chi connectivity index (χ0n) is 6.70. The van der Waals surface area contributed by atoms with Gasteiger partial charge in [-0.05, 0) is 13.0 Å². The average molecular weight is 151 g/mol. The van der Waals surface area contributed by atoms with E-state index in [-0.39, 0.29) is 0 Å². The SMILES string of the molecule is COc1ccccc1C(C)[O]. The van der Waals surface area contributed by atoms with Gasteiger partial charge in [0.15, 0.2) is 0 Å². The van der Waals surface area contributed by atoms with Crippen LogP contribution < -0.4 is 4.74 Å². The van der Waals surface area contributed by atoms with Gasteiger partial charge in [0, 0.05) is 5.56 Å². The van der Waals surface area contributed by atoms with E-state index in [1.54, 1.807) is 26.2 Å². The minimum atomic E-state index is -0.717. The Balaban J connectivity index is 3.02. The van der Waals surface area contributed by atoms with Crippen molar-refractivity contribution in [3.05, 3.63) is 29.8 Å². The Morgan fingerprint density at radius 2 is 2.00 bits per heavy atom. The summed E-state index contributed by atoms with van der Waals surface area (Å²) in [4.78, 5) is 0. The molecule has 0 saturated heterocycles. The smallest absolute Gasteiger partial charge is 0.124 e. The molecule has 1 radical (unpaired) electrons. The monoisotopic (exact) mass is 151 g/mol. The van der Waals surface area contributed by atoms with Crippen molar-refractivity contribution in [2.24, 2.45) is 0 Å². The Kier molecular flexibility index (Phi) is 2.49. The molecule has 0 fully saturated rings. The van der Waals surface area contributed by atoms with Gasteiger partial charge in [-0.1, -0.05) is 18.2 Å². The molecule has 0 aliphatic heterocycles. The van der Waals surface area contributed by atoms with Crippen molar-refractivity contribution < 1.29 is 9.84 Å². The first-order valence-corrected chi connectivity index (χ1v) is 3.54. The van der Waals surface area contributed by atoms with Crippen LogP contribution in [0.25, 0.3) is 0 Å². The van der Waals surface area contributed by atoms with Gasteiger partial charge in [0.1, 0.15) is 11.9 Å². The normalized spacial score (nSPS) is 12.6. The van der Waals surface area contributed by atoms with Crippen LogP contribution in [0, 0.1) is 0 Å². The van der Waals surface area contributed by atoms with Gasteiger partial charge in [-0.2, -0.15) is 0 Å². The molecule has 1 unspecified atom stereocenters. The molecule has 11 heavy (non-hydrogen) atoms. The molecular formula is C9H11O2. The first-order chi connectivity index (χ1) is 5.25. The van der Waals surface area contributed by atoms with Crippen molar-refractivity contribution in [1.29, 1.82) is 0 Å². The van der Waals surface area contributed by atoms with E-state index in [0.717, 1.165) is 5.56 Å². The minimum absolute atomic E-state index is 0.676. The van der Waals surface area contributed by atoms with Crippen LogP contribution in [0.5, 0.6) is 5.75 Å². The first kappa shape index (κ1) is 8.08. The molecule has 1 rings (SSSR count). The largest absolute Gasteiger partial charge is 0.496 e. The molecule has 0 aliphatic rings. The number of hydrogen-bond acceptors (Lipinski definition) is 1. The fourth-order valence-corrected chi connectivity index (χ4v) is 1.00. The van der Waals surface area contributed by atoms with Crippen LogP contribution in [0.1, 0.15) is 18.6 Å². The van der Waals surface area contributed by atoms with Crippen LogP contribution in [-0.2, 0) is 5.11 Å². The number of benzene rings is 1. The van der Waals surface area contributed by atoms with Gasteiger partial charge >= 0.3 is 0 Å². The predicted molar refractivity (Wildman–Crippen MR) is 42.1 cm³/mol. The van der Waals surface area contributed by atoms with E-state index in [0.29, 0.717) is 5.75 Å². The summed E-state index contributed by atoms with van der Waals surface area (Å²) in [6.07, 6.45) is -0.717. The van der Waals surface area contributed by atoms with Crippen LogP contribution in [0.3, 0.4) is 0 Å². The zero-order valence-corrected chi connectivity index (χ0v) is 6.70. The maximum atomic E-state index is 11.0. The van der Waals surface area contributed by atoms with Gasteiger partial charge in [0.05, 0.1) is 7.11 Å². The van der Waals surface area contributed by atoms with Crippen LogP contribution in [0.4, 0.5) is 0 Å². The molecule has 0 heterocycles. The first-order valence-electron chi connectivity index (χ1n) is 3.54. The summed E-state index contributed by atoms with van der Waals surface area (Å²) in [6.45, 7) is 1.61. The second-order valence-corrected chi connectivity index (χ2v) is 2.38. The third kappa shape index (κ3) is 1.71. The third-order valence-corrected chi connectivity index (χ3v) is 1.58. The molecule has 0 N–H and O–H groups in total. The van der Waals surface area contributed by atoms with Crippen molar-refractivity contribution in [3.8, 4) is 5.75 Å². The lowest BCUT2D eigenvalue weighted by molar-refractivity contribution is 0.104. The Morgan fingerprint density at radius 3 is 2.45 bits per heavy atom. The van der Waals surface area contributed by atoms with Crippen molar-refractivity contribution in [1.82, 2.24) is 0 Å². The van der Waals surface area contributed by atoms with Crippen LogP contribution in [-0.4, -0.2) is 7.11 Å². The molecule has 59 valence electrons. The highest BCUT2D eigenvalue weighted by Gasteiger charge is 2.07. The molecule has 0 bridgehead atoms. The van der Waals surface area contributed by atoms with E-state index >= 15 is 0 Å². The lowest BCUT2D eigenvalue weighted by Gasteiger charge is -2.07. The maximum absolute atomic E-state index is 11.0. The summed E-state index contributed by atoms with van der Waals surface area (Å²) in [5.41, 5.74) is 0.718. The Hall–Kier alpha value is -1.02. The quantitative estimate of drug-likeness (QED) is 0.637. The molecule has 0 spiro atoms. The van der Waals surface area contributed by atoms with Gasteiger partial charge in [-0.3, -0.25) is 0 Å². The van der Waals surface area contributed by atoms with Gasteiger partial charge in [-0.15, -0.1) is 0 Å². The van der Waals surface area contributed by atoms with Crippen molar-refractivity contribution in [2.75, 3.05) is 7.11 Å². The summed E-state index contributed by atoms with van der Waals surface area (Å²) in [7, 11) is 1.57. The standard InChI is InChI=1S/C9H11O2/c1-7(10)8-5-3-4-6-9(8)11-2/h3-7H,1-2H3. The van der Waals surface area contributed by atoms with Gasteiger partial charge < -0.3 is 4.74 Å². The fourth-order valence-electron chi connectivity index (χ4n) is 1.00. The summed E-state index contributed by atoms with van der Waals surface area (Å²) >= 11 is 0. The number of para-hydroxylation sites is 1. The highest BCUT2D eigenvalue weighted by molar-refractivity contribution is 5.34. The van der Waals surface area contributed by atoms with Crippen molar-refractivity contribution in [2.45, 2.75) is 13.0 Å². The molecule has 2 heteroatoms. The molecular weight excluding hydrogens is 140 g/mol. The molecule has 0 amide bonds. The molecule has 1 atom stereocenters. The van der Waals surface area contributed by atoms with E-state index in [2.05, 4.69) is 0 Å². The second kappa shape index (κ2) is 3.39. The highest BCUT2D eigenvalue weighted by Crippen LogP contribution is 2.23. The van der Waals surface area contributed by atoms with E-state index in [1.807, 2.05) is 12.1 Å². The number of hydrogen-bond donors (Lipinski definition) is 0. The predicted octanol–water partition coefficient (Wildman–Crippen LogP) is 2.19. The lowest BCUT2D eigenvalue weighted by atomic mass is 10.1. The molecule has 1 aromatic rings. The van der Waals surface area contributed by atoms with Crippen LogP contribution in [0.15, 0.2) is 24.3 Å². The molecule has 2 nitrogen and oxygen atoms in total. The summed E-state index contributed by atoms with van der Waals surface area (Å²) in [6, 6.07) is 7.28. The second-order valence-electron chi connectivity index (χ2n) is 2.38. The van der Waals surface area contributed by atoms with E-state index < -0.39 is 6.10 Å². The summed E-state index contributed by atoms with van der Waals surface area (Å²) < 4.78 is 5.01. The lowest BCUT2D eigenvalue weighted by Crippen LogP contribution is -1.93. The minimum Gasteiger partial charge on any atom is -0.496 e. The zero-order chi connectivity index (χ0) is 8.27. The summed E-state index contributed by atoms with van der Waals surface area (Å²) in [5, 5.41) is 11.0. The van der Waals surface area contributed by atoms with E-state index in [1.165, 1.54) is 0 Å². The molecule has 0 aromatic heterocycles. The van der Waals surface area contributed by atoms with Crippen molar-refractivity contribution in [3.63, 3.8) is 0 Å². The number of methoxy groups -OCH3 is 1. The molecule has 0 aliphatic carbocycles. The molecule has 1 aromatic carbocycles. The average Bonchev–Trinajstić information content (AvgIpc) is 2.04.